The van der Waals surface area contributed by atoms with Crippen molar-refractivity contribution < 1.29 is 36.6 Å². The van der Waals surface area contributed by atoms with Crippen LogP contribution in [0.1, 0.15) is 23.1 Å². The van der Waals surface area contributed by atoms with Gasteiger partial charge in [-0.3, -0.25) is 4.79 Å². The first kappa shape index (κ1) is 16.6. The summed E-state index contributed by atoms with van der Waals surface area (Å²) in [7, 11) is 0. The van der Waals surface area contributed by atoms with Crippen LogP contribution < -0.4 is 4.74 Å². The molecule has 1 aromatic rings. The predicted molar refractivity (Wildman–Crippen MR) is 59.8 cm³/mol. The minimum Gasteiger partial charge on any atom is -0.481 e. The van der Waals surface area contributed by atoms with E-state index >= 15 is 0 Å². The highest BCUT2D eigenvalue weighted by Gasteiger charge is 2.35. The van der Waals surface area contributed by atoms with Crippen molar-refractivity contribution in [3.63, 3.8) is 0 Å². The van der Waals surface area contributed by atoms with Crippen molar-refractivity contribution in [2.45, 2.75) is 24.5 Å². The van der Waals surface area contributed by atoms with Crippen molar-refractivity contribution in [1.29, 1.82) is 0 Å². The Bertz CT molecular complexity index is 506. The van der Waals surface area contributed by atoms with Gasteiger partial charge in [-0.2, -0.15) is 0 Å². The summed E-state index contributed by atoms with van der Waals surface area (Å²) in [5.74, 6) is -2.76. The van der Waals surface area contributed by atoms with Crippen LogP contribution in [0.15, 0.2) is 6.20 Å². The van der Waals surface area contributed by atoms with Crippen LogP contribution in [0.3, 0.4) is 0 Å². The minimum atomic E-state index is -5.16. The van der Waals surface area contributed by atoms with Crippen LogP contribution in [0.25, 0.3) is 0 Å². The molecule has 10 heteroatoms. The zero-order chi connectivity index (χ0) is 15.5. The number of halogens is 6. The SMILES string of the molecule is O=C(O)Cc1c(OC(F)(F)F)ncc(CBr)c1C(F)F. The van der Waals surface area contributed by atoms with Crippen LogP contribution >= 0.6 is 15.9 Å². The molecular weight excluding hydrogens is 357 g/mol. The summed E-state index contributed by atoms with van der Waals surface area (Å²) >= 11 is 2.88. The van der Waals surface area contributed by atoms with Crippen LogP contribution in [0.4, 0.5) is 22.0 Å². The quantitative estimate of drug-likeness (QED) is 0.643. The van der Waals surface area contributed by atoms with Crippen molar-refractivity contribution in [3.05, 3.63) is 22.9 Å². The Labute approximate surface area is 117 Å². The third-order valence-corrected chi connectivity index (χ3v) is 2.77. The number of hydrogen-bond acceptors (Lipinski definition) is 3. The first-order valence-corrected chi connectivity index (χ1v) is 6.10. The molecule has 1 N–H and O–H groups in total. The average Bonchev–Trinajstić information content (AvgIpc) is 2.28. The van der Waals surface area contributed by atoms with E-state index in [2.05, 4.69) is 25.7 Å². The van der Waals surface area contributed by atoms with Crippen LogP contribution in [0.5, 0.6) is 5.88 Å². The fraction of sp³-hybridized carbons (Fsp3) is 0.400. The van der Waals surface area contributed by atoms with Gasteiger partial charge in [0.15, 0.2) is 0 Å². The van der Waals surface area contributed by atoms with Crippen molar-refractivity contribution in [1.82, 2.24) is 4.98 Å². The van der Waals surface area contributed by atoms with E-state index in [4.69, 9.17) is 5.11 Å². The molecule has 0 aliphatic rings. The second-order valence-corrected chi connectivity index (χ2v) is 4.09. The molecule has 0 amide bonds. The van der Waals surface area contributed by atoms with Crippen molar-refractivity contribution in [2.24, 2.45) is 0 Å². The second kappa shape index (κ2) is 6.33. The molecular formula is C10H7BrF5NO3. The molecule has 0 saturated heterocycles. The monoisotopic (exact) mass is 363 g/mol. The molecule has 1 heterocycles. The highest BCUT2D eigenvalue weighted by atomic mass is 79.9. The fourth-order valence-corrected chi connectivity index (χ4v) is 1.94. The topological polar surface area (TPSA) is 59.4 Å². The van der Waals surface area contributed by atoms with Crippen molar-refractivity contribution >= 4 is 21.9 Å². The van der Waals surface area contributed by atoms with E-state index in [1.807, 2.05) is 0 Å². The summed E-state index contributed by atoms with van der Waals surface area (Å²) in [6, 6.07) is 0. The number of pyridine rings is 1. The van der Waals surface area contributed by atoms with E-state index in [1.54, 1.807) is 0 Å². The van der Waals surface area contributed by atoms with Gasteiger partial charge in [0, 0.05) is 22.7 Å². The molecule has 0 fully saturated rings. The Morgan fingerprint density at radius 3 is 2.45 bits per heavy atom. The second-order valence-electron chi connectivity index (χ2n) is 3.53. The van der Waals surface area contributed by atoms with Gasteiger partial charge in [-0.15, -0.1) is 13.2 Å². The lowest BCUT2D eigenvalue weighted by atomic mass is 10.0. The van der Waals surface area contributed by atoms with Crippen molar-refractivity contribution in [3.8, 4) is 5.88 Å². The molecule has 1 aromatic heterocycles. The number of aliphatic carboxylic acids is 1. The molecule has 0 saturated carbocycles. The molecule has 0 atom stereocenters. The zero-order valence-electron chi connectivity index (χ0n) is 9.55. The molecule has 0 aliphatic carbocycles. The smallest absolute Gasteiger partial charge is 0.481 e. The molecule has 0 aliphatic heterocycles. The highest BCUT2D eigenvalue weighted by Crippen LogP contribution is 2.35. The Kier molecular flexibility index (Phi) is 5.26. The molecule has 0 radical (unpaired) electrons. The Hall–Kier alpha value is -1.45. The third kappa shape index (κ3) is 4.29. The van der Waals surface area contributed by atoms with Crippen LogP contribution in [0, 0.1) is 0 Å². The molecule has 20 heavy (non-hydrogen) atoms. The van der Waals surface area contributed by atoms with E-state index in [9.17, 15) is 26.7 Å². The van der Waals surface area contributed by atoms with E-state index in [1.165, 1.54) is 0 Å². The Morgan fingerprint density at radius 1 is 1.45 bits per heavy atom. The summed E-state index contributed by atoms with van der Waals surface area (Å²) in [5.41, 5.74) is -1.72. The largest absolute Gasteiger partial charge is 0.574 e. The molecule has 0 bridgehead atoms. The highest BCUT2D eigenvalue weighted by molar-refractivity contribution is 9.08. The number of carbonyl (C=O) groups is 1. The van der Waals surface area contributed by atoms with Crippen LogP contribution in [-0.2, 0) is 16.5 Å². The molecule has 0 spiro atoms. The van der Waals surface area contributed by atoms with Gasteiger partial charge in [0.25, 0.3) is 6.43 Å². The number of carboxylic acid groups (broad SMARTS) is 1. The number of nitrogens with zero attached hydrogens (tertiary/aromatic N) is 1. The first-order valence-electron chi connectivity index (χ1n) is 4.98. The van der Waals surface area contributed by atoms with E-state index in [0.717, 1.165) is 6.20 Å². The number of aromatic nitrogens is 1. The van der Waals surface area contributed by atoms with Gasteiger partial charge in [0.05, 0.1) is 6.42 Å². The predicted octanol–water partition coefficient (Wildman–Crippen LogP) is 3.44. The number of ether oxygens (including phenoxy) is 1. The standard InChI is InChI=1S/C10H7BrF5NO3/c11-2-4-3-17-9(20-10(14,15)16)5(1-6(18)19)7(4)8(12)13/h3,8H,1-2H2,(H,18,19). The van der Waals surface area contributed by atoms with Gasteiger partial charge in [0.2, 0.25) is 5.88 Å². The number of alkyl halides is 6. The Balaban J connectivity index is 3.44. The van der Waals surface area contributed by atoms with Gasteiger partial charge in [0.1, 0.15) is 0 Å². The van der Waals surface area contributed by atoms with Gasteiger partial charge in [-0.1, -0.05) is 15.9 Å². The summed E-state index contributed by atoms with van der Waals surface area (Å²) in [5, 5.41) is 8.53. The van der Waals surface area contributed by atoms with Gasteiger partial charge >= 0.3 is 12.3 Å². The number of rotatable bonds is 5. The van der Waals surface area contributed by atoms with Gasteiger partial charge in [-0.25, -0.2) is 13.8 Å². The summed E-state index contributed by atoms with van der Waals surface area (Å²) in [4.78, 5) is 13.9. The summed E-state index contributed by atoms with van der Waals surface area (Å²) in [6.07, 6.45) is -8.59. The summed E-state index contributed by atoms with van der Waals surface area (Å²) < 4.78 is 65.9. The van der Waals surface area contributed by atoms with E-state index in [-0.39, 0.29) is 10.9 Å². The lowest BCUT2D eigenvalue weighted by molar-refractivity contribution is -0.276. The van der Waals surface area contributed by atoms with Gasteiger partial charge < -0.3 is 9.84 Å². The lowest BCUT2D eigenvalue weighted by Gasteiger charge is -2.16. The maximum Gasteiger partial charge on any atom is 0.574 e. The Morgan fingerprint density at radius 2 is 2.05 bits per heavy atom. The third-order valence-electron chi connectivity index (χ3n) is 2.17. The average molecular weight is 364 g/mol. The number of hydrogen-bond donors (Lipinski definition) is 1. The lowest BCUT2D eigenvalue weighted by Crippen LogP contribution is -2.21. The summed E-state index contributed by atoms with van der Waals surface area (Å²) in [6.45, 7) is 0. The molecule has 0 aromatic carbocycles. The first-order chi connectivity index (χ1) is 9.15. The van der Waals surface area contributed by atoms with E-state index in [0.29, 0.717) is 0 Å². The normalized spacial score (nSPS) is 11.8. The molecule has 4 nitrogen and oxygen atoms in total. The van der Waals surface area contributed by atoms with Crippen molar-refractivity contribution in [2.75, 3.05) is 0 Å². The zero-order valence-corrected chi connectivity index (χ0v) is 11.1. The molecule has 112 valence electrons. The number of carboxylic acids is 1. The fourth-order valence-electron chi connectivity index (χ4n) is 1.49. The van der Waals surface area contributed by atoms with Crippen LogP contribution in [-0.4, -0.2) is 22.4 Å². The maximum atomic E-state index is 13.0. The molecule has 0 unspecified atom stereocenters. The van der Waals surface area contributed by atoms with E-state index < -0.39 is 42.2 Å². The minimum absolute atomic E-state index is 0.106. The molecule has 1 rings (SSSR count). The van der Waals surface area contributed by atoms with Gasteiger partial charge in [-0.05, 0) is 5.56 Å². The van der Waals surface area contributed by atoms with Crippen LogP contribution in [0.2, 0.25) is 0 Å². The maximum absolute atomic E-state index is 13.0.